The molecule has 2 N–H and O–H groups in total. The van der Waals surface area contributed by atoms with E-state index in [2.05, 4.69) is 21.0 Å². The van der Waals surface area contributed by atoms with Crippen molar-refractivity contribution < 1.29 is 4.74 Å². The van der Waals surface area contributed by atoms with E-state index < -0.39 is 0 Å². The van der Waals surface area contributed by atoms with E-state index in [0.717, 1.165) is 44.0 Å². The van der Waals surface area contributed by atoms with Gasteiger partial charge in [0.25, 0.3) is 0 Å². The van der Waals surface area contributed by atoms with Gasteiger partial charge in [0.2, 0.25) is 0 Å². The molecular weight excluding hydrogens is 332 g/mol. The van der Waals surface area contributed by atoms with Crippen LogP contribution in [0.15, 0.2) is 29.9 Å². The average Bonchev–Trinajstić information content (AvgIpc) is 3.33. The fourth-order valence-corrected chi connectivity index (χ4v) is 4.84. The van der Waals surface area contributed by atoms with E-state index in [0.29, 0.717) is 18.0 Å². The molecule has 0 aromatic carbocycles. The molecule has 1 aliphatic heterocycles. The number of aromatic nitrogens is 2. The van der Waals surface area contributed by atoms with Crippen molar-refractivity contribution in [2.75, 3.05) is 26.3 Å². The molecule has 1 aliphatic carbocycles. The van der Waals surface area contributed by atoms with Crippen molar-refractivity contribution in [1.82, 2.24) is 20.6 Å². The molecular formula is C19H26N4OS. The molecule has 2 fully saturated rings. The monoisotopic (exact) mass is 358 g/mol. The Morgan fingerprint density at radius 1 is 1.28 bits per heavy atom. The fourth-order valence-electron chi connectivity index (χ4n) is 4.03. The third kappa shape index (κ3) is 4.26. The lowest BCUT2D eigenvalue weighted by Crippen LogP contribution is -2.51. The molecule has 2 aliphatic rings. The summed E-state index contributed by atoms with van der Waals surface area (Å²) in [5.74, 6) is 0.698. The maximum atomic E-state index is 5.66. The lowest BCUT2D eigenvalue weighted by Gasteiger charge is -2.33. The molecule has 0 radical (unpaired) electrons. The van der Waals surface area contributed by atoms with Crippen LogP contribution in [0.4, 0.5) is 0 Å². The summed E-state index contributed by atoms with van der Waals surface area (Å²) in [4.78, 5) is 8.84. The SMILES string of the molecule is c1cc(-c2csc(CCNC3CCCC3C3COCCN3)n2)ccn1. The van der Waals surface area contributed by atoms with Crippen LogP contribution in [-0.4, -0.2) is 48.4 Å². The summed E-state index contributed by atoms with van der Waals surface area (Å²) >= 11 is 1.75. The van der Waals surface area contributed by atoms with Crippen molar-refractivity contribution in [1.29, 1.82) is 0 Å². The van der Waals surface area contributed by atoms with E-state index in [4.69, 9.17) is 9.72 Å². The van der Waals surface area contributed by atoms with E-state index in [1.54, 1.807) is 11.3 Å². The maximum Gasteiger partial charge on any atom is 0.0945 e. The van der Waals surface area contributed by atoms with Gasteiger partial charge in [0.05, 0.1) is 23.9 Å². The van der Waals surface area contributed by atoms with Gasteiger partial charge in [-0.1, -0.05) is 6.42 Å². The van der Waals surface area contributed by atoms with Gasteiger partial charge in [-0.05, 0) is 30.9 Å². The van der Waals surface area contributed by atoms with Gasteiger partial charge >= 0.3 is 0 Å². The van der Waals surface area contributed by atoms with Crippen molar-refractivity contribution in [3.8, 4) is 11.3 Å². The molecule has 3 unspecified atom stereocenters. The van der Waals surface area contributed by atoms with Crippen LogP contribution < -0.4 is 10.6 Å². The number of morpholine rings is 1. The van der Waals surface area contributed by atoms with Gasteiger partial charge in [-0.15, -0.1) is 11.3 Å². The second-order valence-corrected chi connectivity index (χ2v) is 7.85. The van der Waals surface area contributed by atoms with E-state index in [-0.39, 0.29) is 0 Å². The van der Waals surface area contributed by atoms with Gasteiger partial charge in [0, 0.05) is 54.9 Å². The van der Waals surface area contributed by atoms with Gasteiger partial charge in [-0.25, -0.2) is 4.98 Å². The molecule has 134 valence electrons. The van der Waals surface area contributed by atoms with E-state index in [9.17, 15) is 0 Å². The molecule has 6 heteroatoms. The summed E-state index contributed by atoms with van der Waals surface area (Å²) in [6, 6.07) is 5.16. The highest BCUT2D eigenvalue weighted by molar-refractivity contribution is 7.09. The standard InChI is InChI=1S/C19H26N4OS/c1-2-15(17-12-24-11-10-22-17)16(3-1)21-9-6-19-23-18(13-25-19)14-4-7-20-8-5-14/h4-5,7-8,13,15-17,21-22H,1-3,6,9-12H2. The zero-order chi connectivity index (χ0) is 16.9. The molecule has 0 spiro atoms. The zero-order valence-electron chi connectivity index (χ0n) is 14.5. The minimum atomic E-state index is 0.520. The number of ether oxygens (including phenoxy) is 1. The predicted octanol–water partition coefficient (Wildman–Crippen LogP) is 2.49. The average molecular weight is 359 g/mol. The molecule has 0 bridgehead atoms. The first-order chi connectivity index (χ1) is 12.4. The van der Waals surface area contributed by atoms with Crippen molar-refractivity contribution in [3.05, 3.63) is 34.9 Å². The van der Waals surface area contributed by atoms with Gasteiger partial charge < -0.3 is 15.4 Å². The van der Waals surface area contributed by atoms with E-state index >= 15 is 0 Å². The lowest BCUT2D eigenvalue weighted by molar-refractivity contribution is 0.0526. The van der Waals surface area contributed by atoms with Gasteiger partial charge in [-0.2, -0.15) is 0 Å². The molecule has 0 amide bonds. The first-order valence-electron chi connectivity index (χ1n) is 9.29. The highest BCUT2D eigenvalue weighted by atomic mass is 32.1. The van der Waals surface area contributed by atoms with Gasteiger partial charge in [0.1, 0.15) is 0 Å². The Bertz CT molecular complexity index is 656. The number of rotatable bonds is 6. The minimum Gasteiger partial charge on any atom is -0.379 e. The van der Waals surface area contributed by atoms with Crippen molar-refractivity contribution in [3.63, 3.8) is 0 Å². The van der Waals surface area contributed by atoms with Crippen LogP contribution in [0.25, 0.3) is 11.3 Å². The molecule has 25 heavy (non-hydrogen) atoms. The third-order valence-corrected chi connectivity index (χ3v) is 6.22. The number of thiazole rings is 1. The first kappa shape index (κ1) is 17.1. The summed E-state index contributed by atoms with van der Waals surface area (Å²) in [5, 5.41) is 10.8. The van der Waals surface area contributed by atoms with Crippen molar-refractivity contribution in [2.45, 2.75) is 37.8 Å². The van der Waals surface area contributed by atoms with Crippen LogP contribution in [0, 0.1) is 5.92 Å². The topological polar surface area (TPSA) is 59.1 Å². The van der Waals surface area contributed by atoms with Gasteiger partial charge in [-0.3, -0.25) is 4.98 Å². The number of hydrogen-bond acceptors (Lipinski definition) is 6. The molecule has 3 atom stereocenters. The normalized spacial score (nSPS) is 26.8. The zero-order valence-corrected chi connectivity index (χ0v) is 15.3. The Morgan fingerprint density at radius 3 is 3.04 bits per heavy atom. The largest absolute Gasteiger partial charge is 0.379 e. The number of pyridine rings is 1. The van der Waals surface area contributed by atoms with Crippen LogP contribution in [0.1, 0.15) is 24.3 Å². The summed E-state index contributed by atoms with van der Waals surface area (Å²) in [7, 11) is 0. The summed E-state index contributed by atoms with van der Waals surface area (Å²) in [6.07, 6.45) is 8.54. The Balaban J connectivity index is 1.28. The predicted molar refractivity (Wildman–Crippen MR) is 101 cm³/mol. The highest BCUT2D eigenvalue weighted by Gasteiger charge is 2.34. The third-order valence-electron chi connectivity index (χ3n) is 5.31. The maximum absolute atomic E-state index is 5.66. The summed E-state index contributed by atoms with van der Waals surface area (Å²) in [6.45, 7) is 3.71. The second-order valence-electron chi connectivity index (χ2n) is 6.90. The molecule has 1 saturated carbocycles. The molecule has 3 heterocycles. The Morgan fingerprint density at radius 2 is 2.20 bits per heavy atom. The van der Waals surface area contributed by atoms with Crippen LogP contribution in [0.5, 0.6) is 0 Å². The van der Waals surface area contributed by atoms with Gasteiger partial charge in [0.15, 0.2) is 0 Å². The number of hydrogen-bond donors (Lipinski definition) is 2. The van der Waals surface area contributed by atoms with E-state index in [1.165, 1.54) is 24.3 Å². The minimum absolute atomic E-state index is 0.520. The quantitative estimate of drug-likeness (QED) is 0.831. The summed E-state index contributed by atoms with van der Waals surface area (Å²) < 4.78 is 5.66. The molecule has 2 aromatic heterocycles. The number of nitrogens with one attached hydrogen (secondary N) is 2. The Labute approximate surface area is 153 Å². The fraction of sp³-hybridized carbons (Fsp3) is 0.579. The highest BCUT2D eigenvalue weighted by Crippen LogP contribution is 2.29. The second kappa shape index (κ2) is 8.36. The van der Waals surface area contributed by atoms with Crippen LogP contribution in [0.3, 0.4) is 0 Å². The molecule has 1 saturated heterocycles. The van der Waals surface area contributed by atoms with Crippen LogP contribution >= 0.6 is 11.3 Å². The Hall–Kier alpha value is -1.34. The Kier molecular flexibility index (Phi) is 5.72. The first-order valence-corrected chi connectivity index (χ1v) is 10.2. The molecule has 2 aromatic rings. The van der Waals surface area contributed by atoms with Crippen molar-refractivity contribution in [2.24, 2.45) is 5.92 Å². The molecule has 4 rings (SSSR count). The lowest BCUT2D eigenvalue weighted by atomic mass is 9.94. The van der Waals surface area contributed by atoms with Crippen LogP contribution in [0.2, 0.25) is 0 Å². The molecule has 5 nitrogen and oxygen atoms in total. The van der Waals surface area contributed by atoms with Crippen molar-refractivity contribution >= 4 is 11.3 Å². The smallest absolute Gasteiger partial charge is 0.0945 e. The van der Waals surface area contributed by atoms with E-state index in [1.807, 2.05) is 24.5 Å². The van der Waals surface area contributed by atoms with Crippen LogP contribution in [-0.2, 0) is 11.2 Å². The summed E-state index contributed by atoms with van der Waals surface area (Å²) in [5.41, 5.74) is 2.20. The number of nitrogens with zero attached hydrogens (tertiary/aromatic N) is 2.